The number of thiocarbonyl (C=S) groups is 1. The minimum atomic E-state index is 0.637. The third-order valence-corrected chi connectivity index (χ3v) is 5.75. The lowest BCUT2D eigenvalue weighted by Crippen LogP contribution is -2.13. The van der Waals surface area contributed by atoms with Gasteiger partial charge in [0.05, 0.1) is 17.6 Å². The van der Waals surface area contributed by atoms with Crippen molar-refractivity contribution in [1.82, 2.24) is 9.97 Å². The Morgan fingerprint density at radius 2 is 1.52 bits per heavy atom. The molecule has 2 fully saturated rings. The lowest BCUT2D eigenvalue weighted by molar-refractivity contribution is 0.299. The molecule has 2 aliphatic carbocycles. The molecule has 128 valence electrons. The van der Waals surface area contributed by atoms with Crippen molar-refractivity contribution in [2.24, 2.45) is 16.8 Å². The van der Waals surface area contributed by atoms with Crippen LogP contribution in [0.4, 0.5) is 5.69 Å². The van der Waals surface area contributed by atoms with E-state index in [1.807, 2.05) is 0 Å². The first kappa shape index (κ1) is 16.6. The van der Waals surface area contributed by atoms with Crippen molar-refractivity contribution in [3.05, 3.63) is 42.2 Å². The van der Waals surface area contributed by atoms with Gasteiger partial charge in [0.2, 0.25) is 0 Å². The maximum Gasteiger partial charge on any atom is 0.159 e. The molecule has 0 unspecified atom stereocenters. The van der Waals surface area contributed by atoms with Crippen LogP contribution in [0.25, 0.3) is 11.4 Å². The average Bonchev–Trinajstić information content (AvgIpc) is 3.48. The Morgan fingerprint density at radius 1 is 0.920 bits per heavy atom. The number of isothiocyanates is 1. The molecule has 0 aliphatic heterocycles. The molecule has 2 aliphatic rings. The number of aromatic nitrogens is 2. The lowest BCUT2D eigenvalue weighted by Gasteiger charge is -2.29. The number of hydrogen-bond donors (Lipinski definition) is 0. The van der Waals surface area contributed by atoms with Crippen LogP contribution in [0.3, 0.4) is 0 Å². The van der Waals surface area contributed by atoms with E-state index in [0.717, 1.165) is 29.1 Å². The molecule has 2 aromatic rings. The monoisotopic (exact) mass is 349 g/mol. The molecule has 4 rings (SSSR count). The summed E-state index contributed by atoms with van der Waals surface area (Å²) in [6.45, 7) is 0. The number of nitrogens with zero attached hydrogens (tertiary/aromatic N) is 3. The maximum absolute atomic E-state index is 4.60. The van der Waals surface area contributed by atoms with Gasteiger partial charge in [-0.1, -0.05) is 37.1 Å². The van der Waals surface area contributed by atoms with Crippen molar-refractivity contribution in [3.8, 4) is 11.4 Å². The molecule has 3 nitrogen and oxygen atoms in total. The molecule has 0 spiro atoms. The van der Waals surface area contributed by atoms with Crippen LogP contribution in [0.2, 0.25) is 0 Å². The average molecular weight is 350 g/mol. The molecule has 0 amide bonds. The SMILES string of the molecule is S=C=Nc1cnc(-c2ccc(C3CCC(CC4CC4)CC3)cc2)nc1. The predicted molar refractivity (Wildman–Crippen MR) is 104 cm³/mol. The third kappa shape index (κ3) is 4.20. The van der Waals surface area contributed by atoms with Crippen LogP contribution >= 0.6 is 12.2 Å². The van der Waals surface area contributed by atoms with Gasteiger partial charge in [0.1, 0.15) is 5.69 Å². The van der Waals surface area contributed by atoms with Crippen LogP contribution in [0.15, 0.2) is 41.7 Å². The third-order valence-electron chi connectivity index (χ3n) is 5.66. The summed E-state index contributed by atoms with van der Waals surface area (Å²) in [5, 5.41) is 2.33. The van der Waals surface area contributed by atoms with Crippen LogP contribution < -0.4 is 0 Å². The Kier molecular flexibility index (Phi) is 5.00. The Hall–Kier alpha value is -1.90. The topological polar surface area (TPSA) is 38.1 Å². The van der Waals surface area contributed by atoms with E-state index in [1.54, 1.807) is 12.4 Å². The summed E-state index contributed by atoms with van der Waals surface area (Å²) in [6.07, 6.45) is 13.3. The predicted octanol–water partition coefficient (Wildman–Crippen LogP) is 5.95. The molecule has 0 radical (unpaired) electrons. The summed E-state index contributed by atoms with van der Waals surface area (Å²) in [5.41, 5.74) is 3.15. The molecule has 1 aromatic heterocycles. The van der Waals surface area contributed by atoms with Crippen LogP contribution in [0.5, 0.6) is 0 Å². The zero-order valence-corrected chi connectivity index (χ0v) is 15.2. The molecule has 2 saturated carbocycles. The van der Waals surface area contributed by atoms with Crippen molar-refractivity contribution in [3.63, 3.8) is 0 Å². The second-order valence-corrected chi connectivity index (χ2v) is 7.67. The zero-order valence-electron chi connectivity index (χ0n) is 14.4. The Morgan fingerprint density at radius 3 is 2.08 bits per heavy atom. The van der Waals surface area contributed by atoms with E-state index < -0.39 is 0 Å². The molecule has 1 aromatic carbocycles. The number of hydrogen-bond acceptors (Lipinski definition) is 4. The highest BCUT2D eigenvalue weighted by Gasteiger charge is 2.28. The molecule has 0 saturated heterocycles. The first-order chi connectivity index (χ1) is 12.3. The number of aliphatic imine (C=N–C) groups is 1. The van der Waals surface area contributed by atoms with Crippen molar-refractivity contribution < 1.29 is 0 Å². The van der Waals surface area contributed by atoms with Gasteiger partial charge in [-0.25, -0.2) is 9.97 Å². The fourth-order valence-electron chi connectivity index (χ4n) is 4.04. The molecule has 1 heterocycles. The molecule has 0 N–H and O–H groups in total. The van der Waals surface area contributed by atoms with E-state index in [-0.39, 0.29) is 0 Å². The van der Waals surface area contributed by atoms with Gasteiger partial charge in [-0.2, -0.15) is 4.99 Å². The first-order valence-electron chi connectivity index (χ1n) is 9.32. The standard InChI is InChI=1S/C21H23N3S/c25-14-24-20-12-22-21(23-13-20)19-9-7-18(8-10-19)17-5-3-16(4-6-17)11-15-1-2-15/h7-10,12-13,15-17H,1-6,11H2. The lowest BCUT2D eigenvalue weighted by atomic mass is 9.77. The Balaban J connectivity index is 1.39. The first-order valence-corrected chi connectivity index (χ1v) is 9.73. The van der Waals surface area contributed by atoms with Crippen LogP contribution in [-0.2, 0) is 0 Å². The molecule has 25 heavy (non-hydrogen) atoms. The van der Waals surface area contributed by atoms with Gasteiger partial charge in [0, 0.05) is 5.56 Å². The summed E-state index contributed by atoms with van der Waals surface area (Å²) in [7, 11) is 0. The van der Waals surface area contributed by atoms with Crippen molar-refractivity contribution in [2.75, 3.05) is 0 Å². The van der Waals surface area contributed by atoms with Gasteiger partial charge >= 0.3 is 0 Å². The second-order valence-electron chi connectivity index (χ2n) is 7.49. The minimum Gasteiger partial charge on any atom is -0.234 e. The van der Waals surface area contributed by atoms with Gasteiger partial charge in [0.25, 0.3) is 0 Å². The highest BCUT2D eigenvalue weighted by Crippen LogP contribution is 2.43. The Labute approximate surface area is 154 Å². The zero-order chi connectivity index (χ0) is 17.1. The van der Waals surface area contributed by atoms with Gasteiger partial charge in [-0.05, 0) is 67.6 Å². The van der Waals surface area contributed by atoms with Gasteiger partial charge in [-0.3, -0.25) is 0 Å². The van der Waals surface area contributed by atoms with E-state index >= 15 is 0 Å². The van der Waals surface area contributed by atoms with Crippen molar-refractivity contribution in [1.29, 1.82) is 0 Å². The van der Waals surface area contributed by atoms with Gasteiger partial charge in [0.15, 0.2) is 5.82 Å². The van der Waals surface area contributed by atoms with Crippen molar-refractivity contribution >= 4 is 23.1 Å². The quantitative estimate of drug-likeness (QED) is 0.494. The van der Waals surface area contributed by atoms with E-state index in [9.17, 15) is 0 Å². The highest BCUT2D eigenvalue weighted by molar-refractivity contribution is 7.78. The second kappa shape index (κ2) is 7.55. The van der Waals surface area contributed by atoms with Gasteiger partial charge in [-0.15, -0.1) is 0 Å². The molecule has 4 heteroatoms. The maximum atomic E-state index is 4.60. The van der Waals surface area contributed by atoms with Crippen LogP contribution in [-0.4, -0.2) is 15.1 Å². The summed E-state index contributed by atoms with van der Waals surface area (Å²) in [4.78, 5) is 12.6. The molecule has 0 atom stereocenters. The fraction of sp³-hybridized carbons (Fsp3) is 0.476. The Bertz CT molecular complexity index is 751. The smallest absolute Gasteiger partial charge is 0.159 e. The van der Waals surface area contributed by atoms with E-state index in [2.05, 4.69) is 56.6 Å². The molecular weight excluding hydrogens is 326 g/mol. The van der Waals surface area contributed by atoms with Crippen LogP contribution in [0, 0.1) is 11.8 Å². The number of benzene rings is 1. The minimum absolute atomic E-state index is 0.637. The van der Waals surface area contributed by atoms with E-state index in [0.29, 0.717) is 5.69 Å². The van der Waals surface area contributed by atoms with E-state index in [4.69, 9.17) is 0 Å². The van der Waals surface area contributed by atoms with E-state index in [1.165, 1.54) is 50.5 Å². The van der Waals surface area contributed by atoms with Crippen molar-refractivity contribution in [2.45, 2.75) is 50.9 Å². The largest absolute Gasteiger partial charge is 0.234 e. The summed E-state index contributed by atoms with van der Waals surface area (Å²) < 4.78 is 0. The molecule has 0 bridgehead atoms. The van der Waals surface area contributed by atoms with Crippen LogP contribution in [0.1, 0.15) is 56.4 Å². The number of rotatable bonds is 5. The highest BCUT2D eigenvalue weighted by atomic mass is 32.1. The van der Waals surface area contributed by atoms with Gasteiger partial charge < -0.3 is 0 Å². The summed E-state index contributed by atoms with van der Waals surface area (Å²) in [5.74, 6) is 3.51. The summed E-state index contributed by atoms with van der Waals surface area (Å²) >= 11 is 4.60. The fourth-order valence-corrected chi connectivity index (χ4v) is 4.15. The normalized spacial score (nSPS) is 23.0. The molecular formula is C21H23N3S. The summed E-state index contributed by atoms with van der Waals surface area (Å²) in [6, 6.07) is 8.80.